The Morgan fingerprint density at radius 1 is 1.38 bits per heavy atom. The first kappa shape index (κ1) is 16.4. The molecule has 1 aliphatic rings. The van der Waals surface area contributed by atoms with Gasteiger partial charge in [-0.05, 0) is 29.5 Å². The van der Waals surface area contributed by atoms with E-state index in [1.54, 1.807) is 24.4 Å². The molecule has 1 aromatic heterocycles. The van der Waals surface area contributed by atoms with E-state index < -0.39 is 23.7 Å². The van der Waals surface area contributed by atoms with Crippen LogP contribution in [-0.2, 0) is 17.8 Å². The zero-order chi connectivity index (χ0) is 17.3. The summed E-state index contributed by atoms with van der Waals surface area (Å²) in [6.45, 7) is 0.0619. The third-order valence-corrected chi connectivity index (χ3v) is 4.77. The number of fused-ring (bicyclic) bond motifs is 1. The Labute approximate surface area is 142 Å². The van der Waals surface area contributed by atoms with Gasteiger partial charge in [0.1, 0.15) is 11.9 Å². The number of amides is 1. The van der Waals surface area contributed by atoms with Crippen LogP contribution in [0, 0.1) is 5.82 Å². The third kappa shape index (κ3) is 2.99. The Hall–Kier alpha value is -2.41. The number of hydrogen-bond acceptors (Lipinski definition) is 4. The van der Waals surface area contributed by atoms with Gasteiger partial charge in [0, 0.05) is 30.3 Å². The molecule has 3 rings (SSSR count). The number of aliphatic carboxylic acids is 1. The number of thioether (sulfide) groups is 1. The molecule has 0 bridgehead atoms. The predicted molar refractivity (Wildman–Crippen MR) is 87.4 cm³/mol. The van der Waals surface area contributed by atoms with Crippen molar-refractivity contribution in [3.05, 3.63) is 59.2 Å². The maximum atomic E-state index is 13.9. The second-order valence-electron chi connectivity index (χ2n) is 5.48. The molecule has 24 heavy (non-hydrogen) atoms. The van der Waals surface area contributed by atoms with Crippen molar-refractivity contribution >= 4 is 23.6 Å². The van der Waals surface area contributed by atoms with E-state index in [-0.39, 0.29) is 13.0 Å². The van der Waals surface area contributed by atoms with Crippen molar-refractivity contribution in [2.75, 3.05) is 6.26 Å². The van der Waals surface area contributed by atoms with Gasteiger partial charge in [-0.15, -0.1) is 11.8 Å². The molecule has 0 aliphatic carbocycles. The predicted octanol–water partition coefficient (Wildman–Crippen LogP) is 2.59. The van der Waals surface area contributed by atoms with Crippen LogP contribution < -0.4 is 0 Å². The van der Waals surface area contributed by atoms with Gasteiger partial charge in [-0.25, -0.2) is 9.18 Å². The van der Waals surface area contributed by atoms with E-state index in [9.17, 15) is 19.1 Å². The van der Waals surface area contributed by atoms with Crippen LogP contribution in [0.15, 0.2) is 41.6 Å². The van der Waals surface area contributed by atoms with Gasteiger partial charge in [-0.3, -0.25) is 9.78 Å². The molecule has 2 heterocycles. The molecule has 1 aliphatic heterocycles. The lowest BCUT2D eigenvalue weighted by Crippen LogP contribution is -2.48. The quantitative estimate of drug-likeness (QED) is 0.865. The smallest absolute Gasteiger partial charge is 0.326 e. The molecule has 0 saturated carbocycles. The molecule has 1 amide bonds. The average Bonchev–Trinajstić information content (AvgIpc) is 2.60. The number of hydrogen-bond donors (Lipinski definition) is 1. The SMILES string of the molecule is CSc1cncc(C(=O)N2Cc3cccc(F)c3CC2C(=O)O)c1. The summed E-state index contributed by atoms with van der Waals surface area (Å²) in [6.07, 6.45) is 4.88. The highest BCUT2D eigenvalue weighted by molar-refractivity contribution is 7.98. The number of benzene rings is 1. The van der Waals surface area contributed by atoms with Crippen molar-refractivity contribution in [3.63, 3.8) is 0 Å². The van der Waals surface area contributed by atoms with Crippen molar-refractivity contribution in [1.82, 2.24) is 9.88 Å². The lowest BCUT2D eigenvalue weighted by Gasteiger charge is -2.34. The number of pyridine rings is 1. The minimum absolute atomic E-state index is 0.0429. The van der Waals surface area contributed by atoms with E-state index in [0.717, 1.165) is 4.90 Å². The minimum atomic E-state index is -1.15. The summed E-state index contributed by atoms with van der Waals surface area (Å²) in [7, 11) is 0. The van der Waals surface area contributed by atoms with E-state index in [1.807, 2.05) is 6.26 Å². The van der Waals surface area contributed by atoms with Crippen LogP contribution in [-0.4, -0.2) is 39.2 Å². The highest BCUT2D eigenvalue weighted by Crippen LogP contribution is 2.27. The van der Waals surface area contributed by atoms with E-state index in [2.05, 4.69) is 4.98 Å². The number of carboxylic acids is 1. The molecule has 124 valence electrons. The average molecular weight is 346 g/mol. The lowest BCUT2D eigenvalue weighted by atomic mass is 9.93. The van der Waals surface area contributed by atoms with E-state index in [0.29, 0.717) is 16.7 Å². The van der Waals surface area contributed by atoms with Gasteiger partial charge in [-0.2, -0.15) is 0 Å². The normalized spacial score (nSPS) is 16.6. The molecule has 5 nitrogen and oxygen atoms in total. The topological polar surface area (TPSA) is 70.5 Å². The fourth-order valence-electron chi connectivity index (χ4n) is 2.82. The first-order chi connectivity index (χ1) is 11.5. The number of halogens is 1. The zero-order valence-corrected chi connectivity index (χ0v) is 13.7. The largest absolute Gasteiger partial charge is 0.480 e. The summed E-state index contributed by atoms with van der Waals surface area (Å²) in [5.74, 6) is -2.00. The van der Waals surface area contributed by atoms with Crippen LogP contribution in [0.3, 0.4) is 0 Å². The second-order valence-corrected chi connectivity index (χ2v) is 6.36. The summed E-state index contributed by atoms with van der Waals surface area (Å²) in [4.78, 5) is 30.5. The fraction of sp³-hybridized carbons (Fsp3) is 0.235. The van der Waals surface area contributed by atoms with Crippen molar-refractivity contribution in [3.8, 4) is 0 Å². The monoisotopic (exact) mass is 346 g/mol. The molecule has 1 N–H and O–H groups in total. The summed E-state index contributed by atoms with van der Waals surface area (Å²) in [5.41, 5.74) is 1.33. The summed E-state index contributed by atoms with van der Waals surface area (Å²) in [6, 6.07) is 5.17. The maximum absolute atomic E-state index is 13.9. The van der Waals surface area contributed by atoms with Crippen molar-refractivity contribution < 1.29 is 19.1 Å². The van der Waals surface area contributed by atoms with Crippen LogP contribution in [0.2, 0.25) is 0 Å². The number of carboxylic acid groups (broad SMARTS) is 1. The van der Waals surface area contributed by atoms with Gasteiger partial charge >= 0.3 is 5.97 Å². The van der Waals surface area contributed by atoms with Gasteiger partial charge in [0.25, 0.3) is 5.91 Å². The number of aromatic nitrogens is 1. The van der Waals surface area contributed by atoms with Gasteiger partial charge < -0.3 is 10.0 Å². The van der Waals surface area contributed by atoms with E-state index in [1.165, 1.54) is 28.9 Å². The zero-order valence-electron chi connectivity index (χ0n) is 12.9. The standard InChI is InChI=1S/C17H15FN2O3S/c1-24-12-5-11(7-19-8-12)16(21)20-9-10-3-2-4-14(18)13(10)6-15(20)17(22)23/h2-5,7-8,15H,6,9H2,1H3,(H,22,23). The van der Waals surface area contributed by atoms with Crippen molar-refractivity contribution in [2.24, 2.45) is 0 Å². The molecule has 0 spiro atoms. The number of carbonyl (C=O) groups is 2. The molecule has 7 heteroatoms. The van der Waals surface area contributed by atoms with Gasteiger partial charge in [0.05, 0.1) is 5.56 Å². The van der Waals surface area contributed by atoms with E-state index in [4.69, 9.17) is 0 Å². The molecule has 0 fully saturated rings. The van der Waals surface area contributed by atoms with Crippen LogP contribution in [0.5, 0.6) is 0 Å². The van der Waals surface area contributed by atoms with Crippen LogP contribution >= 0.6 is 11.8 Å². The lowest BCUT2D eigenvalue weighted by molar-refractivity contribution is -0.142. The Bertz CT molecular complexity index is 812. The molecule has 2 aromatic rings. The maximum Gasteiger partial charge on any atom is 0.326 e. The van der Waals surface area contributed by atoms with Gasteiger partial charge in [0.2, 0.25) is 0 Å². The first-order valence-corrected chi connectivity index (χ1v) is 8.53. The van der Waals surface area contributed by atoms with Crippen LogP contribution in [0.1, 0.15) is 21.5 Å². The summed E-state index contributed by atoms with van der Waals surface area (Å²) < 4.78 is 13.9. The van der Waals surface area contributed by atoms with Crippen molar-refractivity contribution in [2.45, 2.75) is 23.9 Å². The van der Waals surface area contributed by atoms with E-state index >= 15 is 0 Å². The Morgan fingerprint density at radius 2 is 2.17 bits per heavy atom. The first-order valence-electron chi connectivity index (χ1n) is 7.30. The van der Waals surface area contributed by atoms with Crippen LogP contribution in [0.4, 0.5) is 4.39 Å². The number of nitrogens with zero attached hydrogens (tertiary/aromatic N) is 2. The molecule has 0 radical (unpaired) electrons. The minimum Gasteiger partial charge on any atom is -0.480 e. The molecular formula is C17H15FN2O3S. The number of rotatable bonds is 3. The molecular weight excluding hydrogens is 331 g/mol. The second kappa shape index (κ2) is 6.60. The molecule has 1 unspecified atom stereocenters. The number of carbonyl (C=O) groups excluding carboxylic acids is 1. The Morgan fingerprint density at radius 3 is 2.88 bits per heavy atom. The highest BCUT2D eigenvalue weighted by Gasteiger charge is 2.36. The Kier molecular flexibility index (Phi) is 4.53. The molecule has 1 aromatic carbocycles. The van der Waals surface area contributed by atoms with Gasteiger partial charge in [0.15, 0.2) is 0 Å². The summed E-state index contributed by atoms with van der Waals surface area (Å²) >= 11 is 1.45. The highest BCUT2D eigenvalue weighted by atomic mass is 32.2. The molecule has 1 atom stereocenters. The fourth-order valence-corrected chi connectivity index (χ4v) is 3.24. The summed E-state index contributed by atoms with van der Waals surface area (Å²) in [5, 5.41) is 9.49. The Balaban J connectivity index is 1.98. The molecule has 0 saturated heterocycles. The van der Waals surface area contributed by atoms with Gasteiger partial charge in [-0.1, -0.05) is 12.1 Å². The third-order valence-electron chi connectivity index (χ3n) is 4.07. The van der Waals surface area contributed by atoms with Crippen molar-refractivity contribution in [1.29, 1.82) is 0 Å². The van der Waals surface area contributed by atoms with Crippen LogP contribution in [0.25, 0.3) is 0 Å².